The lowest BCUT2D eigenvalue weighted by atomic mass is 10.0. The Morgan fingerprint density at radius 3 is 2.88 bits per heavy atom. The van der Waals surface area contributed by atoms with E-state index in [2.05, 4.69) is 29.5 Å². The zero-order chi connectivity index (χ0) is 12.0. The van der Waals surface area contributed by atoms with E-state index in [0.29, 0.717) is 5.92 Å². The van der Waals surface area contributed by atoms with Gasteiger partial charge in [-0.25, -0.2) is 4.98 Å². The molecule has 1 heterocycles. The molecule has 0 saturated carbocycles. The predicted octanol–water partition coefficient (Wildman–Crippen LogP) is 1.96. The van der Waals surface area contributed by atoms with Crippen LogP contribution < -0.4 is 11.1 Å². The first kappa shape index (κ1) is 13.6. The number of nitrogens with one attached hydrogen (secondary N) is 1. The third kappa shape index (κ3) is 4.60. The van der Waals surface area contributed by atoms with Crippen molar-refractivity contribution in [3.63, 3.8) is 0 Å². The van der Waals surface area contributed by atoms with E-state index >= 15 is 0 Å². The Kier molecular flexibility index (Phi) is 5.95. The van der Waals surface area contributed by atoms with Crippen LogP contribution in [0.5, 0.6) is 0 Å². The monoisotopic (exact) mass is 241 g/mol. The molecule has 2 atom stereocenters. The van der Waals surface area contributed by atoms with Crippen LogP contribution in [0.2, 0.25) is 0 Å². The van der Waals surface area contributed by atoms with Crippen LogP contribution in [-0.2, 0) is 6.42 Å². The van der Waals surface area contributed by atoms with E-state index in [-0.39, 0.29) is 6.04 Å². The second kappa shape index (κ2) is 6.99. The van der Waals surface area contributed by atoms with Gasteiger partial charge in [0.05, 0.1) is 5.01 Å². The molecule has 0 aliphatic carbocycles. The number of rotatable bonds is 7. The number of hydrogen-bond acceptors (Lipinski definition) is 4. The summed E-state index contributed by atoms with van der Waals surface area (Å²) >= 11 is 1.74. The first-order valence-electron chi connectivity index (χ1n) is 6.00. The molecule has 4 heteroatoms. The number of nitrogens with zero attached hydrogens (tertiary/aromatic N) is 1. The van der Waals surface area contributed by atoms with Crippen molar-refractivity contribution in [1.82, 2.24) is 10.3 Å². The van der Waals surface area contributed by atoms with Crippen LogP contribution in [-0.4, -0.2) is 24.1 Å². The molecule has 0 amide bonds. The van der Waals surface area contributed by atoms with Crippen LogP contribution in [0, 0.1) is 12.8 Å². The van der Waals surface area contributed by atoms with Gasteiger partial charge in [-0.1, -0.05) is 20.3 Å². The van der Waals surface area contributed by atoms with E-state index in [1.807, 2.05) is 6.92 Å². The number of thiazole rings is 1. The average molecular weight is 241 g/mol. The van der Waals surface area contributed by atoms with Crippen LogP contribution in [0.1, 0.15) is 31.0 Å². The van der Waals surface area contributed by atoms with Crippen molar-refractivity contribution in [1.29, 1.82) is 0 Å². The van der Waals surface area contributed by atoms with Crippen molar-refractivity contribution in [2.24, 2.45) is 11.7 Å². The van der Waals surface area contributed by atoms with E-state index in [0.717, 1.165) is 31.6 Å². The molecule has 1 aromatic heterocycles. The molecule has 0 aliphatic rings. The lowest BCUT2D eigenvalue weighted by molar-refractivity contribution is 0.420. The molecule has 0 fully saturated rings. The Hall–Kier alpha value is -0.450. The second-order valence-electron chi connectivity index (χ2n) is 4.39. The SMILES string of the molecule is CCC(C)C(N)CNCCc1nc(C)cs1. The van der Waals surface area contributed by atoms with Crippen molar-refractivity contribution in [2.75, 3.05) is 13.1 Å². The highest BCUT2D eigenvalue weighted by molar-refractivity contribution is 7.09. The third-order valence-electron chi connectivity index (χ3n) is 2.94. The van der Waals surface area contributed by atoms with Gasteiger partial charge >= 0.3 is 0 Å². The summed E-state index contributed by atoms with van der Waals surface area (Å²) < 4.78 is 0. The van der Waals surface area contributed by atoms with Crippen molar-refractivity contribution >= 4 is 11.3 Å². The summed E-state index contributed by atoms with van der Waals surface area (Å²) in [5, 5.41) is 6.71. The molecule has 3 N–H and O–H groups in total. The quantitative estimate of drug-likeness (QED) is 0.718. The normalized spacial score (nSPS) is 15.0. The molecular formula is C12H23N3S. The highest BCUT2D eigenvalue weighted by Gasteiger charge is 2.09. The summed E-state index contributed by atoms with van der Waals surface area (Å²) in [5.41, 5.74) is 7.16. The summed E-state index contributed by atoms with van der Waals surface area (Å²) in [6.07, 6.45) is 2.15. The summed E-state index contributed by atoms with van der Waals surface area (Å²) in [4.78, 5) is 4.43. The van der Waals surface area contributed by atoms with Crippen LogP contribution in [0.4, 0.5) is 0 Å². The molecule has 2 unspecified atom stereocenters. The first-order valence-corrected chi connectivity index (χ1v) is 6.88. The summed E-state index contributed by atoms with van der Waals surface area (Å²) in [6.45, 7) is 8.29. The molecule has 0 spiro atoms. The predicted molar refractivity (Wildman–Crippen MR) is 70.9 cm³/mol. The van der Waals surface area contributed by atoms with E-state index in [1.54, 1.807) is 11.3 Å². The number of aromatic nitrogens is 1. The maximum absolute atomic E-state index is 6.04. The molecule has 0 bridgehead atoms. The van der Waals surface area contributed by atoms with Gasteiger partial charge in [0.1, 0.15) is 0 Å². The molecule has 0 radical (unpaired) electrons. The summed E-state index contributed by atoms with van der Waals surface area (Å²) in [5.74, 6) is 0.592. The van der Waals surface area contributed by atoms with E-state index < -0.39 is 0 Å². The maximum Gasteiger partial charge on any atom is 0.0940 e. The third-order valence-corrected chi connectivity index (χ3v) is 3.96. The van der Waals surface area contributed by atoms with Crippen LogP contribution in [0.3, 0.4) is 0 Å². The van der Waals surface area contributed by atoms with Crippen molar-refractivity contribution in [3.8, 4) is 0 Å². The van der Waals surface area contributed by atoms with Gasteiger partial charge in [0.2, 0.25) is 0 Å². The molecule has 0 aromatic carbocycles. The lowest BCUT2D eigenvalue weighted by Crippen LogP contribution is -2.39. The molecule has 92 valence electrons. The van der Waals surface area contributed by atoms with Gasteiger partial charge in [0.25, 0.3) is 0 Å². The van der Waals surface area contributed by atoms with Crippen molar-refractivity contribution in [2.45, 2.75) is 39.7 Å². The minimum Gasteiger partial charge on any atom is -0.326 e. The molecule has 0 saturated heterocycles. The Balaban J connectivity index is 2.12. The summed E-state index contributed by atoms with van der Waals surface area (Å²) in [6, 6.07) is 0.267. The van der Waals surface area contributed by atoms with Crippen LogP contribution in [0.15, 0.2) is 5.38 Å². The standard InChI is InChI=1S/C12H23N3S/c1-4-9(2)11(13)7-14-6-5-12-15-10(3)8-16-12/h8-9,11,14H,4-7,13H2,1-3H3. The fourth-order valence-electron chi connectivity index (χ4n) is 1.49. The zero-order valence-electron chi connectivity index (χ0n) is 10.5. The highest BCUT2D eigenvalue weighted by atomic mass is 32.1. The Bertz CT molecular complexity index is 298. The van der Waals surface area contributed by atoms with Crippen molar-refractivity contribution in [3.05, 3.63) is 16.1 Å². The molecule has 3 nitrogen and oxygen atoms in total. The molecule has 0 aliphatic heterocycles. The number of hydrogen-bond donors (Lipinski definition) is 2. The molecular weight excluding hydrogens is 218 g/mol. The maximum atomic E-state index is 6.04. The van der Waals surface area contributed by atoms with Gasteiger partial charge in [-0.05, 0) is 12.8 Å². The minimum atomic E-state index is 0.267. The van der Waals surface area contributed by atoms with E-state index in [4.69, 9.17) is 5.73 Å². The van der Waals surface area contributed by atoms with Gasteiger partial charge in [0, 0.05) is 36.6 Å². The number of aryl methyl sites for hydroxylation is 1. The van der Waals surface area contributed by atoms with Gasteiger partial charge in [-0.15, -0.1) is 11.3 Å². The molecule has 16 heavy (non-hydrogen) atoms. The topological polar surface area (TPSA) is 50.9 Å². The average Bonchev–Trinajstić information content (AvgIpc) is 2.69. The fourth-order valence-corrected chi connectivity index (χ4v) is 2.26. The largest absolute Gasteiger partial charge is 0.326 e. The van der Waals surface area contributed by atoms with E-state index in [9.17, 15) is 0 Å². The van der Waals surface area contributed by atoms with Gasteiger partial charge in [-0.2, -0.15) is 0 Å². The zero-order valence-corrected chi connectivity index (χ0v) is 11.3. The van der Waals surface area contributed by atoms with Gasteiger partial charge < -0.3 is 11.1 Å². The van der Waals surface area contributed by atoms with Gasteiger partial charge in [-0.3, -0.25) is 0 Å². The highest BCUT2D eigenvalue weighted by Crippen LogP contribution is 2.08. The Morgan fingerprint density at radius 2 is 2.31 bits per heavy atom. The molecule has 1 rings (SSSR count). The first-order chi connectivity index (χ1) is 7.63. The van der Waals surface area contributed by atoms with Crippen LogP contribution in [0.25, 0.3) is 0 Å². The fraction of sp³-hybridized carbons (Fsp3) is 0.750. The van der Waals surface area contributed by atoms with Crippen LogP contribution >= 0.6 is 11.3 Å². The number of nitrogens with two attached hydrogens (primary N) is 1. The smallest absolute Gasteiger partial charge is 0.0940 e. The second-order valence-corrected chi connectivity index (χ2v) is 5.33. The van der Waals surface area contributed by atoms with E-state index in [1.165, 1.54) is 5.01 Å². The Labute approximate surface area is 102 Å². The lowest BCUT2D eigenvalue weighted by Gasteiger charge is -2.18. The summed E-state index contributed by atoms with van der Waals surface area (Å²) in [7, 11) is 0. The molecule has 1 aromatic rings. The van der Waals surface area contributed by atoms with Crippen molar-refractivity contribution < 1.29 is 0 Å². The van der Waals surface area contributed by atoms with Gasteiger partial charge in [0.15, 0.2) is 0 Å². The minimum absolute atomic E-state index is 0.267. The Morgan fingerprint density at radius 1 is 1.56 bits per heavy atom.